The number of pyridine rings is 1. The summed E-state index contributed by atoms with van der Waals surface area (Å²) in [6, 6.07) is 13.3. The van der Waals surface area contributed by atoms with Gasteiger partial charge in [-0.1, -0.05) is 18.2 Å². The highest BCUT2D eigenvalue weighted by Gasteiger charge is 2.34. The molecule has 0 bridgehead atoms. The molecule has 2 aromatic heterocycles. The molecule has 1 atom stereocenters. The van der Waals surface area contributed by atoms with Gasteiger partial charge in [0.15, 0.2) is 15.6 Å². The SMILES string of the molecule is Cc1ccc(-c2cc(C(=O)N3CCN([C@@H]4CCS(=O)(=O)C4)CC3)c3ccccc3n2)o1. The molecule has 1 amide bonds. The Balaban J connectivity index is 1.40. The number of nitrogens with zero attached hydrogens (tertiary/aromatic N) is 3. The lowest BCUT2D eigenvalue weighted by Gasteiger charge is -2.37. The van der Waals surface area contributed by atoms with Crippen LogP contribution in [0.1, 0.15) is 22.5 Å². The van der Waals surface area contributed by atoms with Gasteiger partial charge in [0.2, 0.25) is 0 Å². The second-order valence-corrected chi connectivity index (χ2v) is 10.6. The molecule has 0 radical (unpaired) electrons. The van der Waals surface area contributed by atoms with Gasteiger partial charge in [0.25, 0.3) is 5.91 Å². The van der Waals surface area contributed by atoms with E-state index in [0.29, 0.717) is 49.6 Å². The highest BCUT2D eigenvalue weighted by Crippen LogP contribution is 2.28. The van der Waals surface area contributed by atoms with Crippen LogP contribution in [0.4, 0.5) is 0 Å². The fourth-order valence-corrected chi connectivity index (χ4v) is 6.34. The van der Waals surface area contributed by atoms with Crippen LogP contribution in [-0.4, -0.2) is 72.8 Å². The smallest absolute Gasteiger partial charge is 0.254 e. The zero-order valence-electron chi connectivity index (χ0n) is 17.5. The average Bonchev–Trinajstić information content (AvgIpc) is 3.37. The summed E-state index contributed by atoms with van der Waals surface area (Å²) in [7, 11) is -2.91. The van der Waals surface area contributed by atoms with Crippen LogP contribution in [0.15, 0.2) is 46.9 Å². The maximum Gasteiger partial charge on any atom is 0.254 e. The lowest BCUT2D eigenvalue weighted by atomic mass is 10.0. The molecule has 0 spiro atoms. The van der Waals surface area contributed by atoms with Crippen LogP contribution in [0.5, 0.6) is 0 Å². The number of amides is 1. The normalized spacial score (nSPS) is 21.6. The molecule has 0 aliphatic carbocycles. The molecule has 2 fully saturated rings. The third-order valence-corrected chi connectivity index (χ3v) is 8.02. The molecule has 7 nitrogen and oxygen atoms in total. The first kappa shape index (κ1) is 20.2. The molecule has 0 saturated carbocycles. The summed E-state index contributed by atoms with van der Waals surface area (Å²) < 4.78 is 29.4. The zero-order valence-corrected chi connectivity index (χ0v) is 18.3. The summed E-state index contributed by atoms with van der Waals surface area (Å²) in [5.41, 5.74) is 2.02. The summed E-state index contributed by atoms with van der Waals surface area (Å²) in [5, 5.41) is 0.823. The number of benzene rings is 1. The molecule has 3 aromatic rings. The molecule has 31 heavy (non-hydrogen) atoms. The molecule has 5 rings (SSSR count). The predicted molar refractivity (Wildman–Crippen MR) is 119 cm³/mol. The monoisotopic (exact) mass is 439 g/mol. The molecular formula is C23H25N3O4S. The summed E-state index contributed by atoms with van der Waals surface area (Å²) in [6.45, 7) is 4.44. The number of rotatable bonds is 3. The van der Waals surface area contributed by atoms with Crippen molar-refractivity contribution in [3.63, 3.8) is 0 Å². The van der Waals surface area contributed by atoms with Crippen LogP contribution in [0, 0.1) is 6.92 Å². The Hall–Kier alpha value is -2.71. The largest absolute Gasteiger partial charge is 0.460 e. The van der Waals surface area contributed by atoms with Gasteiger partial charge in [-0.05, 0) is 37.6 Å². The van der Waals surface area contributed by atoms with E-state index in [2.05, 4.69) is 4.90 Å². The van der Waals surface area contributed by atoms with Gasteiger partial charge in [0.05, 0.1) is 22.6 Å². The van der Waals surface area contributed by atoms with Crippen molar-refractivity contribution in [2.24, 2.45) is 0 Å². The molecule has 2 saturated heterocycles. The Morgan fingerprint density at radius 3 is 2.55 bits per heavy atom. The molecule has 8 heteroatoms. The standard InChI is InChI=1S/C23H25N3O4S/c1-16-6-7-22(30-16)21-14-19(18-4-2-3-5-20(18)24-21)23(27)26-11-9-25(10-12-26)17-8-13-31(28,29)15-17/h2-7,14,17H,8-13,15H2,1H3/t17-/m1/s1. The Labute approximate surface area is 181 Å². The first-order valence-corrected chi connectivity index (χ1v) is 12.4. The molecule has 4 heterocycles. The lowest BCUT2D eigenvalue weighted by Crippen LogP contribution is -2.52. The van der Waals surface area contributed by atoms with Gasteiger partial charge in [-0.15, -0.1) is 0 Å². The highest BCUT2D eigenvalue weighted by atomic mass is 32.2. The van der Waals surface area contributed by atoms with Crippen LogP contribution < -0.4 is 0 Å². The molecule has 0 N–H and O–H groups in total. The van der Waals surface area contributed by atoms with E-state index in [1.165, 1.54) is 0 Å². The number of piperazine rings is 1. The Kier molecular flexibility index (Phi) is 5.06. The molecular weight excluding hydrogens is 414 g/mol. The number of hydrogen-bond donors (Lipinski definition) is 0. The fraction of sp³-hybridized carbons (Fsp3) is 0.391. The van der Waals surface area contributed by atoms with E-state index >= 15 is 0 Å². The number of para-hydroxylation sites is 1. The number of furan rings is 1. The summed E-state index contributed by atoms with van der Waals surface area (Å²) in [5.74, 6) is 1.92. The van der Waals surface area contributed by atoms with Gasteiger partial charge >= 0.3 is 0 Å². The topological polar surface area (TPSA) is 83.7 Å². The van der Waals surface area contributed by atoms with Crippen molar-refractivity contribution in [2.75, 3.05) is 37.7 Å². The number of fused-ring (bicyclic) bond motifs is 1. The van der Waals surface area contributed by atoms with Gasteiger partial charge in [0, 0.05) is 37.6 Å². The Morgan fingerprint density at radius 1 is 1.10 bits per heavy atom. The minimum atomic E-state index is -2.91. The van der Waals surface area contributed by atoms with Gasteiger partial charge in [-0.25, -0.2) is 13.4 Å². The van der Waals surface area contributed by atoms with E-state index in [9.17, 15) is 13.2 Å². The molecule has 162 valence electrons. The number of carbonyl (C=O) groups is 1. The van der Waals surface area contributed by atoms with E-state index in [4.69, 9.17) is 9.40 Å². The minimum absolute atomic E-state index is 0.0261. The first-order chi connectivity index (χ1) is 14.9. The maximum absolute atomic E-state index is 13.5. The lowest BCUT2D eigenvalue weighted by molar-refractivity contribution is 0.0589. The maximum atomic E-state index is 13.5. The van der Waals surface area contributed by atoms with Crippen molar-refractivity contribution in [1.29, 1.82) is 0 Å². The predicted octanol–water partition coefficient (Wildman–Crippen LogP) is 2.75. The summed E-state index contributed by atoms with van der Waals surface area (Å²) in [4.78, 5) is 22.3. The Morgan fingerprint density at radius 2 is 1.87 bits per heavy atom. The summed E-state index contributed by atoms with van der Waals surface area (Å²) in [6.07, 6.45) is 0.692. The number of hydrogen-bond acceptors (Lipinski definition) is 6. The van der Waals surface area contributed by atoms with Crippen molar-refractivity contribution in [3.8, 4) is 11.5 Å². The van der Waals surface area contributed by atoms with Gasteiger partial charge in [0.1, 0.15) is 11.5 Å². The van der Waals surface area contributed by atoms with Crippen LogP contribution in [0.25, 0.3) is 22.4 Å². The van der Waals surface area contributed by atoms with Gasteiger partial charge < -0.3 is 9.32 Å². The molecule has 2 aliphatic heterocycles. The van der Waals surface area contributed by atoms with Crippen molar-refractivity contribution in [2.45, 2.75) is 19.4 Å². The quantitative estimate of drug-likeness (QED) is 0.624. The summed E-state index contributed by atoms with van der Waals surface area (Å²) >= 11 is 0. The minimum Gasteiger partial charge on any atom is -0.460 e. The molecule has 2 aliphatic rings. The van der Waals surface area contributed by atoms with Crippen molar-refractivity contribution in [1.82, 2.24) is 14.8 Å². The highest BCUT2D eigenvalue weighted by molar-refractivity contribution is 7.91. The second kappa shape index (κ2) is 7.76. The van der Waals surface area contributed by atoms with E-state index in [1.54, 1.807) is 0 Å². The third kappa shape index (κ3) is 3.97. The average molecular weight is 440 g/mol. The van der Waals surface area contributed by atoms with Gasteiger partial charge in [-0.3, -0.25) is 9.69 Å². The zero-order chi connectivity index (χ0) is 21.6. The number of sulfone groups is 1. The molecule has 0 unspecified atom stereocenters. The molecule has 1 aromatic carbocycles. The van der Waals surface area contributed by atoms with E-state index in [1.807, 2.05) is 54.3 Å². The Bertz CT molecular complexity index is 1240. The first-order valence-electron chi connectivity index (χ1n) is 10.6. The van der Waals surface area contributed by atoms with Crippen LogP contribution >= 0.6 is 0 Å². The van der Waals surface area contributed by atoms with E-state index in [0.717, 1.165) is 16.7 Å². The fourth-order valence-electron chi connectivity index (χ4n) is 4.57. The number of carbonyl (C=O) groups excluding carboxylic acids is 1. The van der Waals surface area contributed by atoms with Gasteiger partial charge in [-0.2, -0.15) is 0 Å². The second-order valence-electron chi connectivity index (χ2n) is 8.37. The van der Waals surface area contributed by atoms with Crippen LogP contribution in [-0.2, 0) is 9.84 Å². The van der Waals surface area contributed by atoms with Crippen molar-refractivity contribution < 1.29 is 17.6 Å². The van der Waals surface area contributed by atoms with Crippen molar-refractivity contribution >= 4 is 26.6 Å². The third-order valence-electron chi connectivity index (χ3n) is 6.27. The van der Waals surface area contributed by atoms with Crippen molar-refractivity contribution in [3.05, 3.63) is 53.8 Å². The van der Waals surface area contributed by atoms with Crippen LogP contribution in [0.3, 0.4) is 0 Å². The van der Waals surface area contributed by atoms with E-state index in [-0.39, 0.29) is 23.5 Å². The number of aryl methyl sites for hydroxylation is 1. The number of aromatic nitrogens is 1. The van der Waals surface area contributed by atoms with E-state index < -0.39 is 9.84 Å². The van der Waals surface area contributed by atoms with Crippen LogP contribution in [0.2, 0.25) is 0 Å².